The summed E-state index contributed by atoms with van der Waals surface area (Å²) in [6, 6.07) is 9.33. The molecule has 0 bridgehead atoms. The van der Waals surface area contributed by atoms with E-state index in [2.05, 4.69) is 5.32 Å². The first-order valence-electron chi connectivity index (χ1n) is 10.7. The number of ether oxygens (including phenoxy) is 3. The lowest BCUT2D eigenvalue weighted by Gasteiger charge is -2.31. The number of carbonyl (C=O) groups excluding carboxylic acids is 2. The minimum atomic E-state index is -0.768. The highest BCUT2D eigenvalue weighted by Crippen LogP contribution is 2.43. The summed E-state index contributed by atoms with van der Waals surface area (Å²) >= 11 is 6.89. The smallest absolute Gasteiger partial charge is 0.337 e. The molecule has 0 radical (unpaired) electrons. The van der Waals surface area contributed by atoms with Crippen LogP contribution in [0.4, 0.5) is 0 Å². The third kappa shape index (κ3) is 5.31. The van der Waals surface area contributed by atoms with Crippen LogP contribution < -0.4 is 5.32 Å². The van der Waals surface area contributed by atoms with Gasteiger partial charge >= 0.3 is 11.9 Å². The average molecular weight is 473 g/mol. The number of aromatic nitrogens is 1. The number of nitrogens with zero attached hydrogens (tertiary/aromatic N) is 1. The number of esters is 2. The predicted octanol–water partition coefficient (Wildman–Crippen LogP) is 4.51. The average Bonchev–Trinajstić information content (AvgIpc) is 3.27. The highest BCUT2D eigenvalue weighted by molar-refractivity contribution is 6.33. The van der Waals surface area contributed by atoms with Gasteiger partial charge in [0.2, 0.25) is 0 Å². The third-order valence-corrected chi connectivity index (χ3v) is 5.68. The zero-order chi connectivity index (χ0) is 24.1. The first-order valence-corrected chi connectivity index (χ1v) is 11.1. The van der Waals surface area contributed by atoms with Gasteiger partial charge in [-0.25, -0.2) is 9.59 Å². The monoisotopic (exact) mass is 472 g/mol. The number of benzene rings is 1. The molecule has 0 amide bonds. The quantitative estimate of drug-likeness (QED) is 0.450. The molecule has 176 valence electrons. The number of halogens is 1. The molecule has 0 saturated heterocycles. The Bertz CT molecular complexity index is 1090. The number of allylic oxidation sites excluding steroid dienone is 2. The molecule has 1 aromatic carbocycles. The third-order valence-electron chi connectivity index (χ3n) is 5.27. The Labute approximate surface area is 199 Å². The Kier molecular flexibility index (Phi) is 8.00. The van der Waals surface area contributed by atoms with Crippen LogP contribution in [0, 0.1) is 0 Å². The van der Waals surface area contributed by atoms with E-state index in [4.69, 9.17) is 25.8 Å². The summed E-state index contributed by atoms with van der Waals surface area (Å²) in [6.45, 7) is 7.46. The molecule has 1 aliphatic rings. The Morgan fingerprint density at radius 2 is 1.67 bits per heavy atom. The van der Waals surface area contributed by atoms with E-state index in [1.165, 1.54) is 7.11 Å². The Morgan fingerprint density at radius 1 is 1.03 bits per heavy atom. The highest BCUT2D eigenvalue weighted by Gasteiger charge is 2.39. The molecule has 2 aromatic rings. The van der Waals surface area contributed by atoms with Gasteiger partial charge in [-0.15, -0.1) is 0 Å². The fourth-order valence-electron chi connectivity index (χ4n) is 3.87. The van der Waals surface area contributed by atoms with Crippen molar-refractivity contribution >= 4 is 23.5 Å². The van der Waals surface area contributed by atoms with Crippen LogP contribution in [0.3, 0.4) is 0 Å². The van der Waals surface area contributed by atoms with Crippen molar-refractivity contribution in [1.29, 1.82) is 0 Å². The van der Waals surface area contributed by atoms with Gasteiger partial charge in [0.1, 0.15) is 6.61 Å². The summed E-state index contributed by atoms with van der Waals surface area (Å²) in [5.74, 6) is -1.83. The van der Waals surface area contributed by atoms with Gasteiger partial charge in [0, 0.05) is 30.9 Å². The zero-order valence-electron chi connectivity index (χ0n) is 19.5. The molecule has 0 fully saturated rings. The molecule has 3 rings (SSSR count). The molecular weight excluding hydrogens is 444 g/mol. The van der Waals surface area contributed by atoms with Gasteiger partial charge < -0.3 is 24.1 Å². The topological polar surface area (TPSA) is 78.8 Å². The largest absolute Gasteiger partial charge is 0.460 e. The summed E-state index contributed by atoms with van der Waals surface area (Å²) in [4.78, 5) is 26.4. The lowest BCUT2D eigenvalue weighted by Crippen LogP contribution is -2.33. The minimum Gasteiger partial charge on any atom is -0.460 e. The van der Waals surface area contributed by atoms with Gasteiger partial charge in [-0.3, -0.25) is 0 Å². The molecule has 0 spiro atoms. The Hall–Kier alpha value is -3.03. The van der Waals surface area contributed by atoms with E-state index in [-0.39, 0.29) is 19.3 Å². The normalized spacial score (nSPS) is 16.2. The van der Waals surface area contributed by atoms with Crippen molar-refractivity contribution in [2.45, 2.75) is 39.7 Å². The number of hydrogen-bond donors (Lipinski definition) is 1. The molecule has 2 heterocycles. The van der Waals surface area contributed by atoms with Gasteiger partial charge in [-0.05, 0) is 51.5 Å². The number of rotatable bonds is 8. The van der Waals surface area contributed by atoms with Crippen LogP contribution in [-0.2, 0) is 23.8 Å². The molecule has 1 aromatic heterocycles. The van der Waals surface area contributed by atoms with Gasteiger partial charge in [0.25, 0.3) is 0 Å². The maximum Gasteiger partial charge on any atom is 0.337 e. The summed E-state index contributed by atoms with van der Waals surface area (Å²) in [5.41, 5.74) is 3.15. The fraction of sp³-hybridized carbons (Fsp3) is 0.360. The van der Waals surface area contributed by atoms with Crippen LogP contribution in [0.2, 0.25) is 5.02 Å². The van der Waals surface area contributed by atoms with Crippen molar-refractivity contribution in [2.75, 3.05) is 20.3 Å². The molecule has 0 saturated carbocycles. The number of hydrogen-bond acceptors (Lipinski definition) is 6. The second-order valence-electron chi connectivity index (χ2n) is 7.99. The number of carbonyl (C=O) groups is 2. The second kappa shape index (κ2) is 10.7. The van der Waals surface area contributed by atoms with Gasteiger partial charge in [-0.1, -0.05) is 23.7 Å². The molecule has 1 N–H and O–H groups in total. The van der Waals surface area contributed by atoms with Crippen molar-refractivity contribution in [3.05, 3.63) is 75.9 Å². The van der Waals surface area contributed by atoms with Crippen molar-refractivity contribution in [3.63, 3.8) is 0 Å². The van der Waals surface area contributed by atoms with E-state index in [0.29, 0.717) is 33.1 Å². The molecule has 1 unspecified atom stereocenters. The van der Waals surface area contributed by atoms with Crippen LogP contribution in [0.25, 0.3) is 5.69 Å². The Morgan fingerprint density at radius 3 is 2.27 bits per heavy atom. The predicted molar refractivity (Wildman–Crippen MR) is 126 cm³/mol. The first-order chi connectivity index (χ1) is 15.8. The molecule has 8 heteroatoms. The molecular formula is C25H29ClN2O5. The standard InChI is InChI=1S/C25H29ClN2O5/c1-15(2)33-25(30)21-17(4)27-16(3)20(24(29)32-14-13-31-5)22(21)18-9-8-10-19(23(18)26)28-11-6-7-12-28/h6-12,15,22,27H,13-14H2,1-5H3. The zero-order valence-corrected chi connectivity index (χ0v) is 20.2. The van der Waals surface area contributed by atoms with E-state index < -0.39 is 17.9 Å². The molecule has 7 nitrogen and oxygen atoms in total. The number of nitrogens with one attached hydrogen (secondary N) is 1. The SMILES string of the molecule is COCCOC(=O)C1=C(C)NC(C)=C(C(=O)OC(C)C)C1c1cccc(-n2cccc2)c1Cl. The van der Waals surface area contributed by atoms with Crippen LogP contribution in [0.15, 0.2) is 65.3 Å². The van der Waals surface area contributed by atoms with Crippen molar-refractivity contribution in [1.82, 2.24) is 9.88 Å². The Balaban J connectivity index is 2.17. The summed E-state index contributed by atoms with van der Waals surface area (Å²) in [5, 5.41) is 3.57. The van der Waals surface area contributed by atoms with Gasteiger partial charge in [0.15, 0.2) is 0 Å². The van der Waals surface area contributed by atoms with E-state index in [1.807, 2.05) is 47.3 Å². The fourth-order valence-corrected chi connectivity index (χ4v) is 4.21. The van der Waals surface area contributed by atoms with Crippen LogP contribution in [0.1, 0.15) is 39.2 Å². The second-order valence-corrected chi connectivity index (χ2v) is 8.37. The van der Waals surface area contributed by atoms with Crippen molar-refractivity contribution < 1.29 is 23.8 Å². The summed E-state index contributed by atoms with van der Waals surface area (Å²) in [6.07, 6.45) is 3.43. The lowest BCUT2D eigenvalue weighted by atomic mass is 9.80. The van der Waals surface area contributed by atoms with E-state index >= 15 is 0 Å². The van der Waals surface area contributed by atoms with Crippen molar-refractivity contribution in [3.8, 4) is 5.69 Å². The van der Waals surface area contributed by atoms with E-state index in [1.54, 1.807) is 27.7 Å². The van der Waals surface area contributed by atoms with Gasteiger partial charge in [0.05, 0.1) is 40.5 Å². The number of methoxy groups -OCH3 is 1. The van der Waals surface area contributed by atoms with Crippen molar-refractivity contribution in [2.24, 2.45) is 0 Å². The summed E-state index contributed by atoms with van der Waals surface area (Å²) < 4.78 is 17.9. The lowest BCUT2D eigenvalue weighted by molar-refractivity contribution is -0.143. The maximum atomic E-state index is 13.2. The van der Waals surface area contributed by atoms with Crippen LogP contribution >= 0.6 is 11.6 Å². The highest BCUT2D eigenvalue weighted by atomic mass is 35.5. The number of dihydropyridines is 1. The van der Waals surface area contributed by atoms with Crippen LogP contribution in [0.5, 0.6) is 0 Å². The van der Waals surface area contributed by atoms with Crippen LogP contribution in [-0.4, -0.2) is 42.9 Å². The summed E-state index contributed by atoms with van der Waals surface area (Å²) in [7, 11) is 1.53. The molecule has 1 atom stereocenters. The van der Waals surface area contributed by atoms with Gasteiger partial charge in [-0.2, -0.15) is 0 Å². The molecule has 1 aliphatic heterocycles. The maximum absolute atomic E-state index is 13.2. The minimum absolute atomic E-state index is 0.0877. The van der Waals surface area contributed by atoms with E-state index in [9.17, 15) is 9.59 Å². The van der Waals surface area contributed by atoms with E-state index in [0.717, 1.165) is 5.69 Å². The molecule has 0 aliphatic carbocycles. The first kappa shape index (κ1) is 24.6. The molecule has 33 heavy (non-hydrogen) atoms.